The maximum absolute atomic E-state index is 14.1. The van der Waals surface area contributed by atoms with Crippen LogP contribution in [0.1, 0.15) is 116 Å². The summed E-state index contributed by atoms with van der Waals surface area (Å²) in [6.07, 6.45) is 14.8. The summed E-state index contributed by atoms with van der Waals surface area (Å²) in [5.41, 5.74) is 13.6. The number of rotatable bonds is 20. The van der Waals surface area contributed by atoms with Crippen molar-refractivity contribution in [2.24, 2.45) is 0 Å². The Morgan fingerprint density at radius 2 is 0.526 bits per heavy atom. The molecule has 7 aromatic rings. The van der Waals surface area contributed by atoms with Gasteiger partial charge in [-0.05, 0) is 119 Å². The maximum atomic E-state index is 14.1. The Bertz CT molecular complexity index is 4510. The van der Waals surface area contributed by atoms with Gasteiger partial charge in [0.05, 0.1) is 152 Å². The Morgan fingerprint density at radius 1 is 0.319 bits per heavy atom. The molecule has 18 N–H and O–H groups in total. The average molecular weight is 1660 g/mol. The van der Waals surface area contributed by atoms with Crippen molar-refractivity contribution in [2.75, 3.05) is 105 Å². The fourth-order valence-electron chi connectivity index (χ4n) is 16.9. The molecule has 0 unspecified atom stereocenters. The molecule has 17 rings (SSSR count). The van der Waals surface area contributed by atoms with Crippen LogP contribution in [0, 0.1) is 0 Å². The fraction of sp³-hybridized carbons (Fsp3) is 0.381. The Balaban J connectivity index is 0.00000293. The highest BCUT2D eigenvalue weighted by Gasteiger charge is 2.39. The molecule has 10 aliphatic rings. The van der Waals surface area contributed by atoms with E-state index in [0.29, 0.717) is 71.2 Å². The van der Waals surface area contributed by atoms with Gasteiger partial charge in [-0.25, -0.2) is 9.97 Å². The van der Waals surface area contributed by atoms with Crippen LogP contribution in [0.5, 0.6) is 0 Å². The minimum atomic E-state index is -0.213. The van der Waals surface area contributed by atoms with Gasteiger partial charge in [-0.3, -0.25) is 80.0 Å². The highest BCUT2D eigenvalue weighted by molar-refractivity contribution is 6.03. The second-order valence-corrected chi connectivity index (χ2v) is 30.8. The highest BCUT2D eigenvalue weighted by Crippen LogP contribution is 2.39. The predicted molar refractivity (Wildman–Crippen MR) is 428 cm³/mol. The van der Waals surface area contributed by atoms with Crippen molar-refractivity contribution in [2.45, 2.75) is 99.7 Å². The highest BCUT2D eigenvalue weighted by atomic mass is 35.5. The number of hydrogen-bond acceptors (Lipinski definition) is 18. The topological polar surface area (TPSA) is 372 Å². The molecular weight excluding hydrogens is 1560 g/mol. The molecule has 4 saturated heterocycles. The average Bonchev–Trinajstić information content (AvgIpc) is 1.61. The zero-order valence-electron chi connectivity index (χ0n) is 64.1. The van der Waals surface area contributed by atoms with Gasteiger partial charge in [-0.15, -0.1) is 0 Å². The minimum Gasteiger partial charge on any atom is -1.00 e. The second kappa shape index (κ2) is 37.1. The molecule has 0 saturated carbocycles. The lowest BCUT2D eigenvalue weighted by molar-refractivity contribution is -0.523. The molecule has 8 bridgehead atoms. The molecule has 4 amide bonds. The molecule has 8 atom stereocenters. The number of benzene rings is 4. The third kappa shape index (κ3) is 18.0. The summed E-state index contributed by atoms with van der Waals surface area (Å²) in [6, 6.07) is 38.3. The molecule has 0 spiro atoms. The number of nitrogens with one attached hydrogen (secondary N) is 14. The number of guanidine groups is 4. The zero-order chi connectivity index (χ0) is 76.3. The van der Waals surface area contributed by atoms with E-state index in [1.807, 2.05) is 146 Å². The van der Waals surface area contributed by atoms with Crippen LogP contribution in [0.25, 0.3) is 90.9 Å². The first kappa shape index (κ1) is 83.4. The Labute approximate surface area is 696 Å². The summed E-state index contributed by atoms with van der Waals surface area (Å²) in [5.74, 6) is 2.70. The number of amides is 4. The summed E-state index contributed by atoms with van der Waals surface area (Å²) in [7, 11) is 0. The van der Waals surface area contributed by atoms with Crippen LogP contribution >= 0.6 is 0 Å². The number of fused-ring (bicyclic) bond motifs is 12. The molecular formula is C84H98Cl4N20O8. The van der Waals surface area contributed by atoms with Gasteiger partial charge in [-0.1, -0.05) is 48.5 Å². The summed E-state index contributed by atoms with van der Waals surface area (Å²) >= 11 is 0. The van der Waals surface area contributed by atoms with Gasteiger partial charge in [0.2, 0.25) is 0 Å². The van der Waals surface area contributed by atoms with E-state index in [1.54, 1.807) is 0 Å². The van der Waals surface area contributed by atoms with Crippen molar-refractivity contribution in [3.05, 3.63) is 166 Å². The quantitative estimate of drug-likeness (QED) is 0.0337. The number of carbonyl (C=O) groups excluding carboxylic acids is 4. The summed E-state index contributed by atoms with van der Waals surface area (Å²) < 4.78 is 0. The van der Waals surface area contributed by atoms with Gasteiger partial charge in [-0.2, -0.15) is 0 Å². The first-order chi connectivity index (χ1) is 54.8. The van der Waals surface area contributed by atoms with Gasteiger partial charge in [0.25, 0.3) is 23.6 Å². The van der Waals surface area contributed by atoms with Crippen molar-refractivity contribution in [1.82, 2.24) is 82.1 Å². The van der Waals surface area contributed by atoms with Gasteiger partial charge >= 0.3 is 23.8 Å². The van der Waals surface area contributed by atoms with E-state index in [9.17, 15) is 39.6 Å². The predicted octanol–water partition coefficient (Wildman–Crippen LogP) is -14.3. The molecule has 13 heterocycles. The molecule has 10 aliphatic heterocycles. The van der Waals surface area contributed by atoms with Crippen LogP contribution in [0.15, 0.2) is 121 Å². The number of carbonyl (C=O) groups is 4. The lowest BCUT2D eigenvalue weighted by Gasteiger charge is -2.33. The molecule has 4 fully saturated rings. The van der Waals surface area contributed by atoms with Crippen molar-refractivity contribution < 1.29 is 109 Å². The number of aliphatic hydroxyl groups is 4. The smallest absolute Gasteiger partial charge is 0.346 e. The van der Waals surface area contributed by atoms with Crippen molar-refractivity contribution >= 4 is 93.8 Å². The fourth-order valence-corrected chi connectivity index (χ4v) is 16.9. The van der Waals surface area contributed by atoms with E-state index in [1.165, 1.54) is 0 Å². The third-order valence-electron chi connectivity index (χ3n) is 23.4. The minimum absolute atomic E-state index is 0. The van der Waals surface area contributed by atoms with Gasteiger partial charge in [0.15, 0.2) is 0 Å². The number of aromatic nitrogens is 4. The summed E-state index contributed by atoms with van der Waals surface area (Å²) in [6.45, 7) is 8.57. The number of aliphatic hydroxyl groups excluding tert-OH is 4. The van der Waals surface area contributed by atoms with E-state index in [-0.39, 0.29) is 148 Å². The molecule has 116 heavy (non-hydrogen) atoms. The number of nitrogens with zero attached hydrogens (tertiary/aromatic N) is 6. The molecule has 0 aliphatic carbocycles. The maximum Gasteiger partial charge on any atom is 0.346 e. The normalized spacial score (nSPS) is 21.6. The SMILES string of the molecule is O=C(NC[C@H]1CCN2CC[C@H](CO)[NH+]=C2N1)c1ccc(-c2c3nc(c(-c4ccc(C(=O)NC[C@H]5CCN6CC[C@H](CO)[NH+]=C6N5)cc4)c4ccc([nH]4)c(-c4ccc(C(=O)NC[C@@H]5CCN6CC[C@@H](CO)[NH+]=C6N5)cc4)c4nc(c(-c5ccc(C(=O)NC[C@@H]6CCN7CC[C@@H](CO)[NH+]=C7N6)cc5)c5ccc2[nH]5)C=C4)C=C3)cc1.[Cl-].[Cl-].[Cl-].[Cl-]. The van der Waals surface area contributed by atoms with Gasteiger partial charge < -0.3 is 101 Å². The lowest BCUT2D eigenvalue weighted by Crippen LogP contribution is -3.00. The van der Waals surface area contributed by atoms with Gasteiger partial charge in [0.1, 0.15) is 24.2 Å². The van der Waals surface area contributed by atoms with E-state index in [4.69, 9.17) is 9.97 Å². The Hall–Kier alpha value is -10.6. The standard InChI is InChI=1S/C84H94N20O8.4ClH/c105-45-61-29-37-101-33-25-57(89-81(101)93-61)41-85-77(109)53-9-1-49(2-10-53)73-65-17-19-67(97-65)74(50-3-11-54(12-4-50)78(110)86-42-58-26-34-102-38-30-62(46-106)94-82(102)90-58)69-21-23-71(99-69)76(52-7-15-56(16-8-52)80(112)88-44-60-28-36-104-40-32-64(48-108)96-84(104)92-60)72-24-22-70(100-72)75(68-20-18-66(73)98-68)51-5-13-55(14-6-51)79(111)87-43-59-27-35-103-39-31-63(47-107)95-83(103)91-59;;;;/h1-24,57-64,97,100,105-108H,25-48H2,(H,85,109)(H,86,110)(H,87,111)(H,88,112)(H,89,93)(H,90,94)(H,91,95)(H,92,96);4*1H/t57-,58+,59-,60+,61-,62+,63-,64+;;;;. The number of hydrogen-bond donors (Lipinski definition) is 18. The molecule has 3 aromatic heterocycles. The van der Waals surface area contributed by atoms with E-state index in [0.717, 1.165) is 194 Å². The van der Waals surface area contributed by atoms with E-state index < -0.39 is 0 Å². The number of aromatic amines is 2. The zero-order valence-corrected chi connectivity index (χ0v) is 67.1. The Kier molecular flexibility index (Phi) is 26.7. The van der Waals surface area contributed by atoms with Crippen molar-refractivity contribution in [3.63, 3.8) is 0 Å². The lowest BCUT2D eigenvalue weighted by atomic mass is 10.0. The van der Waals surface area contributed by atoms with E-state index in [2.05, 4.69) is 92.1 Å². The number of H-pyrrole nitrogens is 2. The number of halogens is 4. The largest absolute Gasteiger partial charge is 1.00 e. The van der Waals surface area contributed by atoms with Crippen LogP contribution < -0.4 is 112 Å². The molecule has 610 valence electrons. The first-order valence-electron chi connectivity index (χ1n) is 39.6. The van der Waals surface area contributed by atoms with Crippen LogP contribution in [0.2, 0.25) is 0 Å². The molecule has 32 heteroatoms. The molecule has 28 nitrogen and oxygen atoms in total. The molecule has 4 aromatic carbocycles. The Morgan fingerprint density at radius 3 is 0.733 bits per heavy atom. The molecule has 0 radical (unpaired) electrons. The van der Waals surface area contributed by atoms with Crippen molar-refractivity contribution in [1.29, 1.82) is 0 Å². The summed E-state index contributed by atoms with van der Waals surface area (Å²) in [4.78, 5) is 97.9. The first-order valence-corrected chi connectivity index (χ1v) is 39.6. The van der Waals surface area contributed by atoms with Gasteiger partial charge in [0, 0.05) is 118 Å². The van der Waals surface area contributed by atoms with Crippen molar-refractivity contribution in [3.8, 4) is 44.5 Å². The van der Waals surface area contributed by atoms with Crippen LogP contribution in [0.4, 0.5) is 0 Å². The third-order valence-corrected chi connectivity index (χ3v) is 23.4. The second-order valence-electron chi connectivity index (χ2n) is 30.8. The van der Waals surface area contributed by atoms with Crippen LogP contribution in [-0.4, -0.2) is 261 Å². The van der Waals surface area contributed by atoms with Crippen LogP contribution in [-0.2, 0) is 0 Å². The monoisotopic (exact) mass is 1650 g/mol. The van der Waals surface area contributed by atoms with Crippen LogP contribution in [0.3, 0.4) is 0 Å². The summed E-state index contributed by atoms with van der Waals surface area (Å²) in [5, 5.41) is 66.5. The van der Waals surface area contributed by atoms with E-state index >= 15 is 0 Å².